The highest BCUT2D eigenvalue weighted by molar-refractivity contribution is 7.98. The highest BCUT2D eigenvalue weighted by atomic mass is 35.5. The van der Waals surface area contributed by atoms with Crippen LogP contribution in [-0.4, -0.2) is 45.1 Å². The molecular formula is C28H32ClN3O3S. The molecular weight excluding hydrogens is 494 g/mol. The van der Waals surface area contributed by atoms with Gasteiger partial charge >= 0.3 is 5.97 Å². The second kappa shape index (κ2) is 12.8. The van der Waals surface area contributed by atoms with Gasteiger partial charge in [0.25, 0.3) is 5.91 Å². The summed E-state index contributed by atoms with van der Waals surface area (Å²) in [5.74, 6) is -0.0441. The summed E-state index contributed by atoms with van der Waals surface area (Å²) >= 11 is 7.72. The number of carbonyl (C=O) groups is 2. The minimum Gasteiger partial charge on any atom is -0.458 e. The molecule has 0 aliphatic carbocycles. The Morgan fingerprint density at radius 1 is 1.19 bits per heavy atom. The summed E-state index contributed by atoms with van der Waals surface area (Å²) in [7, 11) is 0. The maximum atomic E-state index is 13.5. The van der Waals surface area contributed by atoms with E-state index in [1.165, 1.54) is 0 Å². The monoisotopic (exact) mass is 525 g/mol. The van der Waals surface area contributed by atoms with E-state index >= 15 is 0 Å². The summed E-state index contributed by atoms with van der Waals surface area (Å²) in [6.07, 6.45) is 11.9. The first-order chi connectivity index (χ1) is 17.2. The van der Waals surface area contributed by atoms with Crippen LogP contribution in [0, 0.1) is 0 Å². The smallest absolute Gasteiger partial charge is 0.329 e. The van der Waals surface area contributed by atoms with Gasteiger partial charge in [0.1, 0.15) is 11.6 Å². The first-order valence-electron chi connectivity index (χ1n) is 11.7. The predicted octanol–water partition coefficient (Wildman–Crippen LogP) is 6.11. The number of nitrogens with zero attached hydrogens (tertiary/aromatic N) is 2. The molecule has 0 spiro atoms. The summed E-state index contributed by atoms with van der Waals surface area (Å²) < 4.78 is 7.52. The van der Waals surface area contributed by atoms with Crippen molar-refractivity contribution in [1.82, 2.24) is 14.9 Å². The van der Waals surface area contributed by atoms with E-state index in [1.807, 2.05) is 74.2 Å². The van der Waals surface area contributed by atoms with Gasteiger partial charge in [0.05, 0.1) is 6.33 Å². The number of thioether (sulfide) groups is 1. The second-order valence-electron chi connectivity index (χ2n) is 9.31. The van der Waals surface area contributed by atoms with Crippen molar-refractivity contribution in [3.63, 3.8) is 0 Å². The Morgan fingerprint density at radius 3 is 2.58 bits per heavy atom. The number of benzene rings is 2. The third-order valence-corrected chi connectivity index (χ3v) is 6.13. The number of imidazole rings is 1. The van der Waals surface area contributed by atoms with Gasteiger partial charge in [0, 0.05) is 29.5 Å². The van der Waals surface area contributed by atoms with E-state index in [4.69, 9.17) is 16.3 Å². The van der Waals surface area contributed by atoms with Gasteiger partial charge < -0.3 is 14.6 Å². The van der Waals surface area contributed by atoms with Crippen LogP contribution in [0.25, 0.3) is 17.2 Å². The molecule has 0 fully saturated rings. The van der Waals surface area contributed by atoms with Crippen LogP contribution in [0.5, 0.6) is 0 Å². The van der Waals surface area contributed by atoms with Crippen LogP contribution in [0.2, 0.25) is 5.02 Å². The number of rotatable bonds is 10. The molecule has 3 rings (SSSR count). The Balaban J connectivity index is 1.89. The van der Waals surface area contributed by atoms with Crippen LogP contribution in [0.3, 0.4) is 0 Å². The third-order valence-electron chi connectivity index (χ3n) is 5.24. The quantitative estimate of drug-likeness (QED) is 0.323. The normalized spacial score (nSPS) is 12.5. The summed E-state index contributed by atoms with van der Waals surface area (Å²) in [5, 5.41) is 3.53. The first-order valence-corrected chi connectivity index (χ1v) is 13.5. The number of ether oxygens (including phenoxy) is 1. The fourth-order valence-electron chi connectivity index (χ4n) is 3.53. The van der Waals surface area contributed by atoms with Gasteiger partial charge in [-0.1, -0.05) is 42.0 Å². The van der Waals surface area contributed by atoms with Gasteiger partial charge in [0.15, 0.2) is 0 Å². The fraction of sp³-hybridized carbons (Fsp3) is 0.321. The van der Waals surface area contributed by atoms with Crippen LogP contribution < -0.4 is 5.32 Å². The number of halogens is 1. The number of nitrogens with one attached hydrogen (secondary N) is 1. The molecule has 0 saturated heterocycles. The SMILES string of the molecule is CSCC[C@H](NC(=O)c1ccc(/C=C/Cn2ccnc2)cc1-c1ccc(Cl)cc1)C(=O)OC(C)(C)C. The molecule has 0 bridgehead atoms. The molecule has 0 aliphatic rings. The van der Waals surface area contributed by atoms with E-state index in [0.29, 0.717) is 23.6 Å². The average molecular weight is 526 g/mol. The lowest BCUT2D eigenvalue weighted by Crippen LogP contribution is -2.44. The molecule has 0 saturated carbocycles. The highest BCUT2D eigenvalue weighted by Crippen LogP contribution is 2.27. The highest BCUT2D eigenvalue weighted by Gasteiger charge is 2.27. The van der Waals surface area contributed by atoms with Crippen LogP contribution >= 0.6 is 23.4 Å². The van der Waals surface area contributed by atoms with Gasteiger partial charge in [-0.15, -0.1) is 0 Å². The van der Waals surface area contributed by atoms with E-state index in [1.54, 1.807) is 42.5 Å². The van der Waals surface area contributed by atoms with Crippen LogP contribution in [-0.2, 0) is 16.1 Å². The van der Waals surface area contributed by atoms with E-state index in [9.17, 15) is 9.59 Å². The lowest BCUT2D eigenvalue weighted by atomic mass is 9.96. The summed E-state index contributed by atoms with van der Waals surface area (Å²) in [6, 6.07) is 12.3. The van der Waals surface area contributed by atoms with E-state index in [2.05, 4.69) is 10.3 Å². The van der Waals surface area contributed by atoms with Gasteiger partial charge in [0.2, 0.25) is 0 Å². The van der Waals surface area contributed by atoms with Gasteiger partial charge in [-0.05, 0) is 80.2 Å². The van der Waals surface area contributed by atoms with Crippen molar-refractivity contribution in [2.24, 2.45) is 0 Å². The van der Waals surface area contributed by atoms with Crippen molar-refractivity contribution in [2.75, 3.05) is 12.0 Å². The molecule has 1 heterocycles. The summed E-state index contributed by atoms with van der Waals surface area (Å²) in [5.41, 5.74) is 2.39. The van der Waals surface area contributed by atoms with Crippen LogP contribution in [0.4, 0.5) is 0 Å². The minimum atomic E-state index is -0.739. The average Bonchev–Trinajstić information content (AvgIpc) is 3.34. The number of carbonyl (C=O) groups excluding carboxylic acids is 2. The Kier molecular flexibility index (Phi) is 9.79. The van der Waals surface area contributed by atoms with Gasteiger partial charge in [-0.25, -0.2) is 9.78 Å². The zero-order valence-electron chi connectivity index (χ0n) is 21.0. The Labute approximate surface area is 222 Å². The van der Waals surface area contributed by atoms with Crippen LogP contribution in [0.15, 0.2) is 67.3 Å². The number of hydrogen-bond donors (Lipinski definition) is 1. The number of aromatic nitrogens is 2. The van der Waals surface area contributed by atoms with Crippen LogP contribution in [0.1, 0.15) is 43.1 Å². The Bertz CT molecular complexity index is 1190. The molecule has 6 nitrogen and oxygen atoms in total. The van der Waals surface area contributed by atoms with Crippen molar-refractivity contribution in [3.05, 3.63) is 83.4 Å². The predicted molar refractivity (Wildman–Crippen MR) is 148 cm³/mol. The molecule has 36 heavy (non-hydrogen) atoms. The Morgan fingerprint density at radius 2 is 1.94 bits per heavy atom. The lowest BCUT2D eigenvalue weighted by Gasteiger charge is -2.25. The maximum Gasteiger partial charge on any atom is 0.329 e. The van der Waals surface area contributed by atoms with Crippen molar-refractivity contribution in [3.8, 4) is 11.1 Å². The lowest BCUT2D eigenvalue weighted by molar-refractivity contribution is -0.157. The van der Waals surface area contributed by atoms with Gasteiger partial charge in [-0.3, -0.25) is 4.79 Å². The standard InChI is InChI=1S/C28H32ClN3O3S/c1-28(2,3)35-27(34)25(13-17-36-4)31-26(33)23-12-7-20(6-5-15-32-16-14-30-19-32)18-24(23)21-8-10-22(29)11-9-21/h5-12,14,16,18-19,25H,13,15,17H2,1-4H3,(H,31,33)/b6-5+/t25-/m0/s1. The molecule has 0 radical (unpaired) electrons. The number of hydrogen-bond acceptors (Lipinski definition) is 5. The molecule has 8 heteroatoms. The molecule has 1 aromatic heterocycles. The molecule has 1 N–H and O–H groups in total. The largest absolute Gasteiger partial charge is 0.458 e. The zero-order valence-corrected chi connectivity index (χ0v) is 22.6. The number of esters is 1. The zero-order chi connectivity index (χ0) is 26.1. The first kappa shape index (κ1) is 27.6. The summed E-state index contributed by atoms with van der Waals surface area (Å²) in [4.78, 5) is 30.3. The topological polar surface area (TPSA) is 73.2 Å². The van der Waals surface area contributed by atoms with Gasteiger partial charge in [-0.2, -0.15) is 11.8 Å². The molecule has 0 aliphatic heterocycles. The molecule has 0 unspecified atom stereocenters. The third kappa shape index (κ3) is 8.28. The maximum absolute atomic E-state index is 13.5. The molecule has 1 amide bonds. The van der Waals surface area contributed by atoms with Crippen molar-refractivity contribution in [1.29, 1.82) is 0 Å². The fourth-order valence-corrected chi connectivity index (χ4v) is 4.13. The molecule has 2 aromatic carbocycles. The van der Waals surface area contributed by atoms with Crippen molar-refractivity contribution in [2.45, 2.75) is 45.4 Å². The molecule has 190 valence electrons. The van der Waals surface area contributed by atoms with Crippen molar-refractivity contribution < 1.29 is 14.3 Å². The Hall–Kier alpha value is -3.03. The van der Waals surface area contributed by atoms with E-state index in [0.717, 1.165) is 22.4 Å². The molecule has 3 aromatic rings. The van der Waals surface area contributed by atoms with E-state index in [-0.39, 0.29) is 5.91 Å². The number of amides is 1. The molecule has 1 atom stereocenters. The number of allylic oxidation sites excluding steroid dienone is 1. The minimum absolute atomic E-state index is 0.328. The second-order valence-corrected chi connectivity index (χ2v) is 10.7. The summed E-state index contributed by atoms with van der Waals surface area (Å²) in [6.45, 7) is 6.13. The van der Waals surface area contributed by atoms with E-state index < -0.39 is 17.6 Å². The van der Waals surface area contributed by atoms with Crippen molar-refractivity contribution >= 4 is 41.3 Å².